The van der Waals surface area contributed by atoms with Gasteiger partial charge in [0, 0.05) is 24.7 Å². The van der Waals surface area contributed by atoms with Crippen molar-refractivity contribution < 1.29 is 13.9 Å². The number of allylic oxidation sites excluding steroid dienone is 2. The number of anilines is 1. The molecule has 0 spiro atoms. The molecule has 1 aliphatic rings. The molecule has 0 radical (unpaired) electrons. The number of amides is 1. The lowest BCUT2D eigenvalue weighted by atomic mass is 9.97. The van der Waals surface area contributed by atoms with E-state index in [4.69, 9.17) is 4.74 Å². The Labute approximate surface area is 175 Å². The van der Waals surface area contributed by atoms with E-state index in [2.05, 4.69) is 39.1 Å². The largest absolute Gasteiger partial charge is 0.444 e. The van der Waals surface area contributed by atoms with Crippen molar-refractivity contribution in [3.05, 3.63) is 54.0 Å². The number of aromatic amines is 1. The molecule has 3 rings (SSSR count). The molecular formula is C22H28FN5O2. The van der Waals surface area contributed by atoms with Gasteiger partial charge in [0.2, 0.25) is 0 Å². The minimum atomic E-state index is -0.540. The highest BCUT2D eigenvalue weighted by Crippen LogP contribution is 2.34. The zero-order chi connectivity index (χ0) is 21.7. The van der Waals surface area contributed by atoms with Crippen LogP contribution < -0.4 is 16.0 Å². The summed E-state index contributed by atoms with van der Waals surface area (Å²) in [5.41, 5.74) is 2.98. The molecule has 2 aromatic rings. The number of dihydropyridines is 1. The normalized spacial score (nSPS) is 15.9. The lowest BCUT2D eigenvalue weighted by Gasteiger charge is -2.20. The molecule has 1 atom stereocenters. The molecule has 1 aromatic carbocycles. The molecule has 1 aromatic heterocycles. The van der Waals surface area contributed by atoms with Gasteiger partial charge in [-0.3, -0.25) is 5.10 Å². The van der Waals surface area contributed by atoms with Crippen LogP contribution in [0.2, 0.25) is 0 Å². The topological polar surface area (TPSA) is 91.1 Å². The minimum absolute atomic E-state index is 0.169. The molecule has 2 heterocycles. The third-order valence-electron chi connectivity index (χ3n) is 4.33. The van der Waals surface area contributed by atoms with Crippen LogP contribution in [0.4, 0.5) is 15.0 Å². The molecule has 1 aliphatic heterocycles. The predicted octanol–water partition coefficient (Wildman–Crippen LogP) is 4.04. The van der Waals surface area contributed by atoms with Crippen molar-refractivity contribution in [2.24, 2.45) is 0 Å². The maximum Gasteiger partial charge on any atom is 0.407 e. The molecule has 8 heteroatoms. The highest BCUT2D eigenvalue weighted by molar-refractivity contribution is 5.90. The zero-order valence-corrected chi connectivity index (χ0v) is 17.7. The molecule has 7 nitrogen and oxygen atoms in total. The van der Waals surface area contributed by atoms with Crippen molar-refractivity contribution in [2.75, 3.05) is 18.4 Å². The second-order valence-corrected chi connectivity index (χ2v) is 8.10. The summed E-state index contributed by atoms with van der Waals surface area (Å²) in [6.45, 7) is 8.35. The second-order valence-electron chi connectivity index (χ2n) is 8.10. The number of nitrogens with zero attached hydrogens (tertiary/aromatic N) is 1. The van der Waals surface area contributed by atoms with Gasteiger partial charge in [-0.05, 0) is 69.8 Å². The zero-order valence-electron chi connectivity index (χ0n) is 17.7. The van der Waals surface area contributed by atoms with Crippen molar-refractivity contribution in [3.63, 3.8) is 0 Å². The Balaban J connectivity index is 1.77. The van der Waals surface area contributed by atoms with Gasteiger partial charge in [-0.2, -0.15) is 5.10 Å². The van der Waals surface area contributed by atoms with Crippen molar-refractivity contribution in [1.29, 1.82) is 0 Å². The van der Waals surface area contributed by atoms with Crippen LogP contribution in [0.3, 0.4) is 0 Å². The molecule has 0 fully saturated rings. The van der Waals surface area contributed by atoms with Gasteiger partial charge < -0.3 is 20.7 Å². The fourth-order valence-corrected chi connectivity index (χ4v) is 3.07. The number of halogens is 1. The molecule has 0 bridgehead atoms. The van der Waals surface area contributed by atoms with E-state index in [0.29, 0.717) is 18.9 Å². The maximum absolute atomic E-state index is 13.4. The quantitative estimate of drug-likeness (QED) is 0.537. The summed E-state index contributed by atoms with van der Waals surface area (Å²) in [6.07, 6.45) is 5.51. The molecular weight excluding hydrogens is 385 g/mol. The van der Waals surface area contributed by atoms with Crippen molar-refractivity contribution >= 4 is 17.5 Å². The summed E-state index contributed by atoms with van der Waals surface area (Å²) in [4.78, 5) is 11.8. The first-order valence-corrected chi connectivity index (χ1v) is 9.93. The van der Waals surface area contributed by atoms with Crippen LogP contribution in [0.1, 0.15) is 33.3 Å². The lowest BCUT2D eigenvalue weighted by molar-refractivity contribution is 0.0530. The third kappa shape index (κ3) is 5.62. The van der Waals surface area contributed by atoms with Crippen LogP contribution in [0.25, 0.3) is 16.8 Å². The average molecular weight is 413 g/mol. The number of ether oxygens (including phenoxy) is 1. The summed E-state index contributed by atoms with van der Waals surface area (Å²) in [5, 5.41) is 16.7. The number of benzene rings is 1. The Morgan fingerprint density at radius 1 is 1.23 bits per heavy atom. The summed E-state index contributed by atoms with van der Waals surface area (Å²) < 4.78 is 18.6. The van der Waals surface area contributed by atoms with Gasteiger partial charge in [-0.25, -0.2) is 9.18 Å². The van der Waals surface area contributed by atoms with Crippen molar-refractivity contribution in [1.82, 2.24) is 20.8 Å². The summed E-state index contributed by atoms with van der Waals surface area (Å²) in [5.74, 6) is 0.367. The van der Waals surface area contributed by atoms with E-state index in [1.165, 1.54) is 12.1 Å². The lowest BCUT2D eigenvalue weighted by Crippen LogP contribution is -2.35. The summed E-state index contributed by atoms with van der Waals surface area (Å²) >= 11 is 0. The molecule has 30 heavy (non-hydrogen) atoms. The first-order valence-electron chi connectivity index (χ1n) is 9.93. The summed E-state index contributed by atoms with van der Waals surface area (Å²) in [6, 6.07) is 6.45. The van der Waals surface area contributed by atoms with E-state index in [-0.39, 0.29) is 11.9 Å². The van der Waals surface area contributed by atoms with E-state index in [1.807, 2.05) is 33.0 Å². The van der Waals surface area contributed by atoms with Gasteiger partial charge in [0.15, 0.2) is 5.82 Å². The number of hydrogen-bond acceptors (Lipinski definition) is 5. The number of carbonyl (C=O) groups is 1. The second kappa shape index (κ2) is 9.02. The van der Waals surface area contributed by atoms with Gasteiger partial charge in [-0.1, -0.05) is 6.08 Å². The van der Waals surface area contributed by atoms with Gasteiger partial charge in [-0.15, -0.1) is 0 Å². The van der Waals surface area contributed by atoms with E-state index in [9.17, 15) is 9.18 Å². The molecule has 0 saturated heterocycles. The van der Waals surface area contributed by atoms with Crippen LogP contribution in [0.5, 0.6) is 0 Å². The highest BCUT2D eigenvalue weighted by Gasteiger charge is 2.20. The Bertz CT molecular complexity index is 941. The monoisotopic (exact) mass is 413 g/mol. The van der Waals surface area contributed by atoms with Crippen LogP contribution in [-0.4, -0.2) is 41.0 Å². The first kappa shape index (κ1) is 21.4. The predicted molar refractivity (Wildman–Crippen MR) is 116 cm³/mol. The SMILES string of the molecule is CC1C=C(c2c(NCCNC(=O)OC(C)(C)C)n[nH]c2-c2ccc(F)cc2)C=CN1. The maximum atomic E-state index is 13.4. The van der Waals surface area contributed by atoms with E-state index < -0.39 is 11.7 Å². The number of aromatic nitrogens is 2. The number of H-pyrrole nitrogens is 1. The van der Waals surface area contributed by atoms with Gasteiger partial charge >= 0.3 is 6.09 Å². The number of rotatable bonds is 6. The van der Waals surface area contributed by atoms with Crippen LogP contribution in [0.15, 0.2) is 42.6 Å². The smallest absolute Gasteiger partial charge is 0.407 e. The number of nitrogens with one attached hydrogen (secondary N) is 4. The third-order valence-corrected chi connectivity index (χ3v) is 4.33. The van der Waals surface area contributed by atoms with Gasteiger partial charge in [0.1, 0.15) is 11.4 Å². The van der Waals surface area contributed by atoms with Gasteiger partial charge in [0.25, 0.3) is 0 Å². The standard InChI is InChI=1S/C22H28FN5O2/c1-14-13-16(9-10-24-14)18-19(15-5-7-17(23)8-6-15)27-28-20(18)25-11-12-26-21(29)30-22(2,3)4/h5-10,13-14,24H,11-12H2,1-4H3,(H,26,29)(H2,25,27,28). The Morgan fingerprint density at radius 2 is 1.97 bits per heavy atom. The fraction of sp³-hybridized carbons (Fsp3) is 0.364. The van der Waals surface area contributed by atoms with Gasteiger partial charge in [0.05, 0.1) is 11.3 Å². The molecule has 0 aliphatic carbocycles. The molecule has 0 saturated carbocycles. The number of carbonyl (C=O) groups excluding carboxylic acids is 1. The number of alkyl carbamates (subject to hydrolysis) is 1. The average Bonchev–Trinajstić information content (AvgIpc) is 3.08. The Kier molecular flexibility index (Phi) is 6.44. The minimum Gasteiger partial charge on any atom is -0.444 e. The Hall–Kier alpha value is -3.29. The summed E-state index contributed by atoms with van der Waals surface area (Å²) in [7, 11) is 0. The van der Waals surface area contributed by atoms with E-state index in [1.54, 1.807) is 12.1 Å². The van der Waals surface area contributed by atoms with Crippen LogP contribution >= 0.6 is 0 Å². The van der Waals surface area contributed by atoms with Crippen LogP contribution in [-0.2, 0) is 4.74 Å². The fourth-order valence-electron chi connectivity index (χ4n) is 3.07. The molecule has 160 valence electrons. The van der Waals surface area contributed by atoms with E-state index >= 15 is 0 Å². The Morgan fingerprint density at radius 3 is 2.63 bits per heavy atom. The van der Waals surface area contributed by atoms with E-state index in [0.717, 1.165) is 22.4 Å². The van der Waals surface area contributed by atoms with Crippen LogP contribution in [0, 0.1) is 5.82 Å². The highest BCUT2D eigenvalue weighted by atomic mass is 19.1. The van der Waals surface area contributed by atoms with Crippen molar-refractivity contribution in [3.8, 4) is 11.3 Å². The van der Waals surface area contributed by atoms with Crippen molar-refractivity contribution in [2.45, 2.75) is 39.3 Å². The molecule has 1 unspecified atom stereocenters. The molecule has 4 N–H and O–H groups in total. The molecule has 1 amide bonds. The number of hydrogen-bond donors (Lipinski definition) is 4. The first-order chi connectivity index (χ1) is 14.2.